The molecule has 0 radical (unpaired) electrons. The molecule has 1 aromatic carbocycles. The second-order valence-electron chi connectivity index (χ2n) is 6.29. The summed E-state index contributed by atoms with van der Waals surface area (Å²) in [6.07, 6.45) is -4.48. The zero-order valence-electron chi connectivity index (χ0n) is 16.6. The monoisotopic (exact) mass is 426 g/mol. The Balaban J connectivity index is 2.51. The Labute approximate surface area is 171 Å². The molecular formula is C20H21F3N2O5. The van der Waals surface area contributed by atoms with Crippen LogP contribution in [0.25, 0.3) is 0 Å². The Kier molecular flexibility index (Phi) is 7.34. The molecule has 30 heavy (non-hydrogen) atoms. The topological polar surface area (TPSA) is 104 Å². The summed E-state index contributed by atoms with van der Waals surface area (Å²) >= 11 is 0. The van der Waals surface area contributed by atoms with Crippen LogP contribution in [0.15, 0.2) is 41.0 Å². The van der Waals surface area contributed by atoms with E-state index >= 15 is 0 Å². The molecule has 0 bridgehead atoms. The predicted octanol–water partition coefficient (Wildman–Crippen LogP) is 3.42. The molecule has 1 aliphatic heterocycles. The van der Waals surface area contributed by atoms with Crippen LogP contribution in [-0.4, -0.2) is 32.5 Å². The van der Waals surface area contributed by atoms with Gasteiger partial charge < -0.3 is 24.7 Å². The molecule has 0 aromatic heterocycles. The molecule has 1 aliphatic rings. The number of hydrogen-bond donors (Lipinski definition) is 1. The van der Waals surface area contributed by atoms with Crippen LogP contribution < -0.4 is 10.5 Å². The summed E-state index contributed by atoms with van der Waals surface area (Å²) in [7, 11) is 1.36. The first-order valence-electron chi connectivity index (χ1n) is 8.89. The molecule has 1 heterocycles. The molecular weight excluding hydrogens is 405 g/mol. The van der Waals surface area contributed by atoms with Crippen molar-refractivity contribution in [2.45, 2.75) is 32.5 Å². The van der Waals surface area contributed by atoms with Gasteiger partial charge in [0.25, 0.3) is 0 Å². The predicted molar refractivity (Wildman–Crippen MR) is 98.7 cm³/mol. The van der Waals surface area contributed by atoms with Gasteiger partial charge in [-0.05, 0) is 31.5 Å². The van der Waals surface area contributed by atoms with Gasteiger partial charge in [0.05, 0.1) is 31.8 Å². The Morgan fingerprint density at radius 3 is 2.63 bits per heavy atom. The fourth-order valence-corrected chi connectivity index (χ4v) is 3.06. The fraction of sp³-hybridized carbons (Fsp3) is 0.400. The summed E-state index contributed by atoms with van der Waals surface area (Å²) in [4.78, 5) is 12.5. The quantitative estimate of drug-likeness (QED) is 0.666. The Morgan fingerprint density at radius 1 is 1.37 bits per heavy atom. The number of rotatable bonds is 7. The van der Waals surface area contributed by atoms with Crippen molar-refractivity contribution in [3.63, 3.8) is 0 Å². The molecule has 0 aliphatic carbocycles. The number of benzene rings is 1. The van der Waals surface area contributed by atoms with Gasteiger partial charge in [-0.15, -0.1) is 0 Å². The van der Waals surface area contributed by atoms with Crippen LogP contribution >= 0.6 is 0 Å². The van der Waals surface area contributed by atoms with Gasteiger partial charge >= 0.3 is 12.1 Å². The van der Waals surface area contributed by atoms with Crippen molar-refractivity contribution in [3.8, 4) is 11.8 Å². The van der Waals surface area contributed by atoms with Crippen molar-refractivity contribution >= 4 is 5.97 Å². The Morgan fingerprint density at radius 2 is 2.07 bits per heavy atom. The first kappa shape index (κ1) is 23.1. The largest absolute Gasteiger partial charge is 0.496 e. The first-order chi connectivity index (χ1) is 14.1. The lowest BCUT2D eigenvalue weighted by molar-refractivity contribution is -0.176. The van der Waals surface area contributed by atoms with E-state index in [2.05, 4.69) is 0 Å². The third-order valence-corrected chi connectivity index (χ3v) is 4.26. The SMILES string of the molecule is CCOC(=O)C1=C(C)OC(N)=C(C#N)C1c1ccc(OC)c(COCC(F)(F)F)c1. The number of nitriles is 1. The van der Waals surface area contributed by atoms with Crippen LogP contribution in [0.3, 0.4) is 0 Å². The van der Waals surface area contributed by atoms with Gasteiger partial charge in [0.15, 0.2) is 0 Å². The van der Waals surface area contributed by atoms with Crippen molar-refractivity contribution in [2.75, 3.05) is 20.3 Å². The maximum absolute atomic E-state index is 12.5. The van der Waals surface area contributed by atoms with Crippen molar-refractivity contribution in [1.82, 2.24) is 0 Å². The highest BCUT2D eigenvalue weighted by Gasteiger charge is 2.36. The molecule has 2 N–H and O–H groups in total. The number of methoxy groups -OCH3 is 1. The van der Waals surface area contributed by atoms with E-state index in [0.29, 0.717) is 16.9 Å². The number of halogens is 3. The number of carbonyl (C=O) groups excluding carboxylic acids is 1. The zero-order valence-corrected chi connectivity index (χ0v) is 16.6. The molecule has 0 spiro atoms. The van der Waals surface area contributed by atoms with E-state index in [-0.39, 0.29) is 29.4 Å². The highest BCUT2D eigenvalue weighted by molar-refractivity contribution is 5.92. The molecule has 162 valence electrons. The van der Waals surface area contributed by atoms with Crippen LogP contribution in [0.5, 0.6) is 5.75 Å². The van der Waals surface area contributed by atoms with E-state index in [1.807, 2.05) is 6.07 Å². The summed E-state index contributed by atoms with van der Waals surface area (Å²) in [6.45, 7) is 1.42. The second kappa shape index (κ2) is 9.54. The van der Waals surface area contributed by atoms with Crippen molar-refractivity contribution in [1.29, 1.82) is 5.26 Å². The number of ether oxygens (including phenoxy) is 4. The molecule has 1 unspecified atom stereocenters. The van der Waals surface area contributed by atoms with Crippen molar-refractivity contribution < 1.29 is 36.9 Å². The molecule has 0 fully saturated rings. The Bertz CT molecular complexity index is 916. The molecule has 1 aromatic rings. The average Bonchev–Trinajstić information content (AvgIpc) is 2.66. The van der Waals surface area contributed by atoms with Crippen LogP contribution in [-0.2, 0) is 25.6 Å². The van der Waals surface area contributed by atoms with Gasteiger partial charge in [-0.3, -0.25) is 0 Å². The van der Waals surface area contributed by atoms with Gasteiger partial charge in [0, 0.05) is 5.56 Å². The normalized spacial score (nSPS) is 16.8. The van der Waals surface area contributed by atoms with E-state index in [1.54, 1.807) is 13.0 Å². The average molecular weight is 426 g/mol. The third-order valence-electron chi connectivity index (χ3n) is 4.26. The van der Waals surface area contributed by atoms with E-state index in [4.69, 9.17) is 24.7 Å². The number of nitrogens with two attached hydrogens (primary N) is 1. The fourth-order valence-electron chi connectivity index (χ4n) is 3.06. The van der Waals surface area contributed by atoms with Gasteiger partial charge in [0.2, 0.25) is 5.88 Å². The van der Waals surface area contributed by atoms with Crippen LogP contribution in [0.2, 0.25) is 0 Å². The lowest BCUT2D eigenvalue weighted by atomic mass is 9.82. The minimum atomic E-state index is -4.48. The molecule has 0 saturated carbocycles. The number of alkyl halides is 3. The maximum atomic E-state index is 12.5. The molecule has 1 atom stereocenters. The van der Waals surface area contributed by atoms with E-state index in [1.165, 1.54) is 26.2 Å². The van der Waals surface area contributed by atoms with Crippen molar-refractivity contribution in [2.24, 2.45) is 5.73 Å². The standard InChI is InChI=1S/C20H21F3N2O5/c1-4-29-19(26)16-11(2)30-18(25)14(8-24)17(16)12-5-6-15(27-3)13(7-12)9-28-10-20(21,22)23/h5-7,17H,4,9-10,25H2,1-3H3. The van der Waals surface area contributed by atoms with Gasteiger partial charge in [-0.2, -0.15) is 18.4 Å². The highest BCUT2D eigenvalue weighted by Crippen LogP contribution is 2.40. The summed E-state index contributed by atoms with van der Waals surface area (Å²) in [5, 5.41) is 9.59. The van der Waals surface area contributed by atoms with E-state index in [0.717, 1.165) is 0 Å². The summed E-state index contributed by atoms with van der Waals surface area (Å²) in [5.74, 6) is -1.32. The summed E-state index contributed by atoms with van der Waals surface area (Å²) in [6, 6.07) is 6.54. The number of esters is 1. The molecule has 2 rings (SSSR count). The highest BCUT2D eigenvalue weighted by atomic mass is 19.4. The molecule has 0 amide bonds. The number of hydrogen-bond acceptors (Lipinski definition) is 7. The molecule has 7 nitrogen and oxygen atoms in total. The minimum Gasteiger partial charge on any atom is -0.496 e. The van der Waals surface area contributed by atoms with Crippen molar-refractivity contribution in [3.05, 3.63) is 52.1 Å². The number of nitrogens with zero attached hydrogens (tertiary/aromatic N) is 1. The number of allylic oxidation sites excluding steroid dienone is 2. The van der Waals surface area contributed by atoms with E-state index in [9.17, 15) is 23.2 Å². The van der Waals surface area contributed by atoms with Gasteiger partial charge in [-0.25, -0.2) is 4.79 Å². The third kappa shape index (κ3) is 5.24. The Hall–Kier alpha value is -3.19. The zero-order chi connectivity index (χ0) is 22.5. The lowest BCUT2D eigenvalue weighted by Gasteiger charge is -2.27. The second-order valence-corrected chi connectivity index (χ2v) is 6.29. The summed E-state index contributed by atoms with van der Waals surface area (Å²) in [5.41, 5.74) is 6.63. The van der Waals surface area contributed by atoms with Crippen LogP contribution in [0, 0.1) is 11.3 Å². The summed E-state index contributed by atoms with van der Waals surface area (Å²) < 4.78 is 57.6. The van der Waals surface area contributed by atoms with Gasteiger partial charge in [-0.1, -0.05) is 6.07 Å². The number of carbonyl (C=O) groups is 1. The minimum absolute atomic E-state index is 0.0176. The lowest BCUT2D eigenvalue weighted by Crippen LogP contribution is -2.25. The van der Waals surface area contributed by atoms with Crippen LogP contribution in [0.1, 0.15) is 30.9 Å². The van der Waals surface area contributed by atoms with Crippen LogP contribution in [0.4, 0.5) is 13.2 Å². The molecule has 0 saturated heterocycles. The smallest absolute Gasteiger partial charge is 0.411 e. The van der Waals surface area contributed by atoms with E-state index < -0.39 is 31.3 Å². The first-order valence-corrected chi connectivity index (χ1v) is 8.89. The maximum Gasteiger partial charge on any atom is 0.411 e. The molecule has 10 heteroatoms. The van der Waals surface area contributed by atoms with Gasteiger partial charge in [0.1, 0.15) is 29.8 Å².